The number of halogens is 3. The highest BCUT2D eigenvalue weighted by Crippen LogP contribution is 2.28. The molecule has 2 aromatic heterocycles. The van der Waals surface area contributed by atoms with Crippen molar-refractivity contribution in [1.82, 2.24) is 15.0 Å². The van der Waals surface area contributed by atoms with Crippen molar-refractivity contribution in [2.24, 2.45) is 0 Å². The van der Waals surface area contributed by atoms with Crippen LogP contribution in [-0.2, 0) is 22.1 Å². The third kappa shape index (κ3) is 5.50. The van der Waals surface area contributed by atoms with Crippen molar-refractivity contribution in [2.45, 2.75) is 52.3 Å². The number of hydrogen-bond acceptors (Lipinski definition) is 5. The van der Waals surface area contributed by atoms with Crippen LogP contribution in [0.25, 0.3) is 11.1 Å². The standard InChI is InChI=1S/C18H20F3N3O2/c1-11-8-22-13(5-6-15(25)26-17(2,3)4)7-14(11)12-9-23-16(24-10-12)18(19,20)21/h7-10H,5-6H2,1-4H3. The third-order valence-electron chi connectivity index (χ3n) is 3.38. The van der Waals surface area contributed by atoms with E-state index in [9.17, 15) is 18.0 Å². The van der Waals surface area contributed by atoms with Crippen molar-refractivity contribution >= 4 is 5.97 Å². The Morgan fingerprint density at radius 3 is 2.23 bits per heavy atom. The van der Waals surface area contributed by atoms with E-state index in [1.807, 2.05) is 0 Å². The molecule has 0 spiro atoms. The number of carbonyl (C=O) groups excluding carboxylic acids is 1. The molecule has 0 aliphatic heterocycles. The number of rotatable bonds is 4. The maximum absolute atomic E-state index is 12.6. The first-order valence-corrected chi connectivity index (χ1v) is 8.03. The van der Waals surface area contributed by atoms with Gasteiger partial charge in [0.05, 0.1) is 6.42 Å². The summed E-state index contributed by atoms with van der Waals surface area (Å²) in [5.74, 6) is -1.52. The van der Waals surface area contributed by atoms with E-state index in [1.165, 1.54) is 0 Å². The predicted octanol–water partition coefficient (Wildman–Crippen LogP) is 4.14. The Hall–Kier alpha value is -2.51. The number of carbonyl (C=O) groups is 1. The molecule has 2 rings (SSSR count). The number of nitrogens with zero attached hydrogens (tertiary/aromatic N) is 3. The van der Waals surface area contributed by atoms with Gasteiger partial charge in [0.1, 0.15) is 5.60 Å². The second kappa shape index (κ2) is 7.39. The fourth-order valence-corrected chi connectivity index (χ4v) is 2.25. The maximum Gasteiger partial charge on any atom is 0.451 e. The molecule has 140 valence electrons. The lowest BCUT2D eigenvalue weighted by Gasteiger charge is -2.19. The van der Waals surface area contributed by atoms with Gasteiger partial charge in [0.25, 0.3) is 0 Å². The summed E-state index contributed by atoms with van der Waals surface area (Å²) in [6, 6.07) is 1.73. The molecule has 0 aliphatic carbocycles. The highest BCUT2D eigenvalue weighted by molar-refractivity contribution is 5.70. The summed E-state index contributed by atoms with van der Waals surface area (Å²) in [7, 11) is 0. The van der Waals surface area contributed by atoms with E-state index in [0.29, 0.717) is 23.2 Å². The van der Waals surface area contributed by atoms with Crippen molar-refractivity contribution < 1.29 is 22.7 Å². The van der Waals surface area contributed by atoms with E-state index in [4.69, 9.17) is 4.74 Å². The highest BCUT2D eigenvalue weighted by atomic mass is 19.4. The van der Waals surface area contributed by atoms with Gasteiger partial charge in [0.2, 0.25) is 5.82 Å². The molecule has 0 bridgehead atoms. The Morgan fingerprint density at radius 1 is 1.08 bits per heavy atom. The molecule has 0 aliphatic rings. The quantitative estimate of drug-likeness (QED) is 0.760. The zero-order valence-corrected chi connectivity index (χ0v) is 15.0. The predicted molar refractivity (Wildman–Crippen MR) is 89.2 cm³/mol. The normalized spacial score (nSPS) is 12.1. The number of ether oxygens (including phenoxy) is 1. The summed E-state index contributed by atoms with van der Waals surface area (Å²) in [6.07, 6.45) is -0.173. The summed E-state index contributed by atoms with van der Waals surface area (Å²) >= 11 is 0. The largest absolute Gasteiger partial charge is 0.460 e. The Bertz CT molecular complexity index is 782. The molecule has 2 aromatic rings. The zero-order chi connectivity index (χ0) is 19.5. The lowest BCUT2D eigenvalue weighted by molar-refractivity contribution is -0.154. The zero-order valence-electron chi connectivity index (χ0n) is 15.0. The van der Waals surface area contributed by atoms with Crippen LogP contribution in [0.15, 0.2) is 24.7 Å². The minimum Gasteiger partial charge on any atom is -0.460 e. The van der Waals surface area contributed by atoms with Crippen molar-refractivity contribution in [1.29, 1.82) is 0 Å². The van der Waals surface area contributed by atoms with Crippen molar-refractivity contribution in [2.75, 3.05) is 0 Å². The molecule has 0 unspecified atom stereocenters. The first-order chi connectivity index (χ1) is 12.0. The van der Waals surface area contributed by atoms with Gasteiger partial charge < -0.3 is 4.74 Å². The van der Waals surface area contributed by atoms with Crippen LogP contribution >= 0.6 is 0 Å². The fraction of sp³-hybridized carbons (Fsp3) is 0.444. The van der Waals surface area contributed by atoms with Crippen molar-refractivity contribution in [3.05, 3.63) is 41.7 Å². The van der Waals surface area contributed by atoms with Crippen LogP contribution < -0.4 is 0 Å². The molecular formula is C18H20F3N3O2. The van der Waals surface area contributed by atoms with E-state index in [2.05, 4.69) is 15.0 Å². The molecule has 2 heterocycles. The van der Waals surface area contributed by atoms with E-state index >= 15 is 0 Å². The van der Waals surface area contributed by atoms with Crippen LogP contribution in [0.4, 0.5) is 13.2 Å². The lowest BCUT2D eigenvalue weighted by Crippen LogP contribution is -2.24. The smallest absolute Gasteiger partial charge is 0.451 e. The van der Waals surface area contributed by atoms with Gasteiger partial charge in [-0.2, -0.15) is 13.2 Å². The van der Waals surface area contributed by atoms with Crippen LogP contribution in [-0.4, -0.2) is 26.5 Å². The van der Waals surface area contributed by atoms with E-state index in [0.717, 1.165) is 18.0 Å². The van der Waals surface area contributed by atoms with Crippen molar-refractivity contribution in [3.63, 3.8) is 0 Å². The summed E-state index contributed by atoms with van der Waals surface area (Å²) in [5, 5.41) is 0. The topological polar surface area (TPSA) is 65.0 Å². The third-order valence-corrected chi connectivity index (χ3v) is 3.38. The van der Waals surface area contributed by atoms with Crippen LogP contribution in [0, 0.1) is 6.92 Å². The molecule has 0 amide bonds. The van der Waals surface area contributed by atoms with Gasteiger partial charge in [-0.05, 0) is 44.9 Å². The molecule has 0 N–H and O–H groups in total. The first kappa shape index (κ1) is 19.8. The first-order valence-electron chi connectivity index (χ1n) is 8.03. The van der Waals surface area contributed by atoms with Crippen LogP contribution in [0.2, 0.25) is 0 Å². The van der Waals surface area contributed by atoms with Gasteiger partial charge in [0.15, 0.2) is 0 Å². The number of alkyl halides is 3. The molecule has 0 saturated heterocycles. The molecule has 0 radical (unpaired) electrons. The van der Waals surface area contributed by atoms with Crippen LogP contribution in [0.3, 0.4) is 0 Å². The second-order valence-electron chi connectivity index (χ2n) is 6.87. The number of hydrogen-bond donors (Lipinski definition) is 0. The maximum atomic E-state index is 12.6. The van der Waals surface area contributed by atoms with Gasteiger partial charge in [-0.1, -0.05) is 0 Å². The van der Waals surface area contributed by atoms with Gasteiger partial charge in [0, 0.05) is 36.3 Å². The number of aryl methyl sites for hydroxylation is 2. The Labute approximate surface area is 149 Å². The molecule has 0 aromatic carbocycles. The minimum absolute atomic E-state index is 0.163. The van der Waals surface area contributed by atoms with Crippen molar-refractivity contribution in [3.8, 4) is 11.1 Å². The molecule has 0 atom stereocenters. The Balaban J connectivity index is 2.16. The van der Waals surface area contributed by atoms with E-state index in [-0.39, 0.29) is 12.4 Å². The Morgan fingerprint density at radius 2 is 1.69 bits per heavy atom. The monoisotopic (exact) mass is 367 g/mol. The average molecular weight is 367 g/mol. The molecule has 0 saturated carbocycles. The highest BCUT2D eigenvalue weighted by Gasteiger charge is 2.34. The summed E-state index contributed by atoms with van der Waals surface area (Å²) in [4.78, 5) is 22.8. The summed E-state index contributed by atoms with van der Waals surface area (Å²) < 4.78 is 43.0. The summed E-state index contributed by atoms with van der Waals surface area (Å²) in [6.45, 7) is 7.16. The Kier molecular flexibility index (Phi) is 5.63. The number of pyridine rings is 1. The minimum atomic E-state index is -4.58. The lowest BCUT2D eigenvalue weighted by atomic mass is 10.0. The second-order valence-corrected chi connectivity index (χ2v) is 6.87. The van der Waals surface area contributed by atoms with Gasteiger partial charge >= 0.3 is 12.1 Å². The number of aromatic nitrogens is 3. The fourth-order valence-electron chi connectivity index (χ4n) is 2.25. The van der Waals surface area contributed by atoms with Gasteiger partial charge in [-0.3, -0.25) is 9.78 Å². The molecule has 26 heavy (non-hydrogen) atoms. The molecular weight excluding hydrogens is 347 g/mol. The van der Waals surface area contributed by atoms with Crippen LogP contribution in [0.5, 0.6) is 0 Å². The van der Waals surface area contributed by atoms with Gasteiger partial charge in [-0.25, -0.2) is 9.97 Å². The summed E-state index contributed by atoms with van der Waals surface area (Å²) in [5.41, 5.74) is 1.98. The SMILES string of the molecule is Cc1cnc(CCC(=O)OC(C)(C)C)cc1-c1cnc(C(F)(F)F)nc1. The molecule has 8 heteroatoms. The van der Waals surface area contributed by atoms with Crippen LogP contribution in [0.1, 0.15) is 44.3 Å². The molecule has 0 fully saturated rings. The van der Waals surface area contributed by atoms with E-state index in [1.54, 1.807) is 40.0 Å². The van der Waals surface area contributed by atoms with Gasteiger partial charge in [-0.15, -0.1) is 0 Å². The molecule has 5 nitrogen and oxygen atoms in total. The number of esters is 1. The van der Waals surface area contributed by atoms with E-state index < -0.39 is 17.6 Å². The average Bonchev–Trinajstić information content (AvgIpc) is 2.52.